The highest BCUT2D eigenvalue weighted by Crippen LogP contribution is 2.37. The molecule has 3 aromatic rings. The summed E-state index contributed by atoms with van der Waals surface area (Å²) in [5.41, 5.74) is 2.90. The molecule has 8 nitrogen and oxygen atoms in total. The molecule has 3 N–H and O–H groups in total. The SMILES string of the molecule is COc1ccc(N2C(=N)c3ccoc3NC2c2cccc(C(=O)NCCN(C)C)c2)cc1. The molecule has 1 unspecified atom stereocenters. The molecule has 2 heterocycles. The minimum atomic E-state index is -0.427. The van der Waals surface area contributed by atoms with Gasteiger partial charge < -0.3 is 29.6 Å². The van der Waals surface area contributed by atoms with Crippen LogP contribution in [0.5, 0.6) is 5.75 Å². The van der Waals surface area contributed by atoms with Crippen LogP contribution in [0.2, 0.25) is 0 Å². The summed E-state index contributed by atoms with van der Waals surface area (Å²) in [4.78, 5) is 16.6. The zero-order valence-corrected chi connectivity index (χ0v) is 18.4. The first kappa shape index (κ1) is 21.5. The molecular weight excluding hydrogens is 406 g/mol. The van der Waals surface area contributed by atoms with Crippen LogP contribution in [0, 0.1) is 5.41 Å². The fraction of sp³-hybridized carbons (Fsp3) is 0.250. The van der Waals surface area contributed by atoms with Crippen molar-refractivity contribution in [2.45, 2.75) is 6.17 Å². The number of ether oxygens (including phenoxy) is 1. The molecule has 0 aliphatic carbocycles. The van der Waals surface area contributed by atoms with E-state index in [0.717, 1.165) is 23.5 Å². The van der Waals surface area contributed by atoms with E-state index < -0.39 is 6.17 Å². The van der Waals surface area contributed by atoms with E-state index in [9.17, 15) is 4.79 Å². The smallest absolute Gasteiger partial charge is 0.251 e. The van der Waals surface area contributed by atoms with Crippen LogP contribution in [-0.4, -0.2) is 50.9 Å². The Morgan fingerprint density at radius 2 is 2.00 bits per heavy atom. The molecule has 1 aliphatic heterocycles. The highest BCUT2D eigenvalue weighted by atomic mass is 16.5. The molecule has 1 aromatic heterocycles. The number of hydrogen-bond acceptors (Lipinski definition) is 6. The number of nitrogens with zero attached hydrogens (tertiary/aromatic N) is 2. The first-order valence-electron chi connectivity index (χ1n) is 10.4. The normalized spacial score (nSPS) is 15.3. The Morgan fingerprint density at radius 3 is 2.72 bits per heavy atom. The summed E-state index contributed by atoms with van der Waals surface area (Å²) in [7, 11) is 5.55. The summed E-state index contributed by atoms with van der Waals surface area (Å²) < 4.78 is 10.8. The van der Waals surface area contributed by atoms with Crippen LogP contribution < -0.4 is 20.3 Å². The Balaban J connectivity index is 1.67. The molecule has 0 saturated carbocycles. The average molecular weight is 434 g/mol. The molecule has 1 atom stereocenters. The lowest BCUT2D eigenvalue weighted by atomic mass is 10.0. The van der Waals surface area contributed by atoms with E-state index in [4.69, 9.17) is 14.6 Å². The summed E-state index contributed by atoms with van der Waals surface area (Å²) in [5, 5.41) is 15.2. The van der Waals surface area contributed by atoms with Gasteiger partial charge in [0, 0.05) is 24.3 Å². The highest BCUT2D eigenvalue weighted by molar-refractivity contribution is 6.13. The second-order valence-corrected chi connectivity index (χ2v) is 7.81. The van der Waals surface area contributed by atoms with Crippen LogP contribution in [0.4, 0.5) is 11.6 Å². The maximum atomic E-state index is 12.7. The number of amidine groups is 1. The number of furan rings is 1. The largest absolute Gasteiger partial charge is 0.497 e. The van der Waals surface area contributed by atoms with Gasteiger partial charge in [0.05, 0.1) is 18.9 Å². The fourth-order valence-corrected chi connectivity index (χ4v) is 3.65. The minimum absolute atomic E-state index is 0.130. The van der Waals surface area contributed by atoms with Gasteiger partial charge in [0.25, 0.3) is 5.91 Å². The number of hydrogen-bond donors (Lipinski definition) is 3. The first-order chi connectivity index (χ1) is 15.5. The number of nitrogens with one attached hydrogen (secondary N) is 3. The Hall–Kier alpha value is -3.78. The standard InChI is InChI=1S/C24H27N5O3/c1-28(2)13-12-26-23(30)17-6-4-5-16(15-17)22-27-24-20(11-14-32-24)21(25)29(22)18-7-9-19(31-3)10-8-18/h4-11,14-15,22,25,27H,12-13H2,1-3H3,(H,26,30). The van der Waals surface area contributed by atoms with E-state index in [1.54, 1.807) is 25.5 Å². The number of rotatable bonds is 7. The molecule has 8 heteroatoms. The van der Waals surface area contributed by atoms with Crippen LogP contribution >= 0.6 is 0 Å². The lowest BCUT2D eigenvalue weighted by Crippen LogP contribution is -2.42. The van der Waals surface area contributed by atoms with Gasteiger partial charge in [-0.15, -0.1) is 0 Å². The monoisotopic (exact) mass is 433 g/mol. The fourth-order valence-electron chi connectivity index (χ4n) is 3.65. The van der Waals surface area contributed by atoms with Gasteiger partial charge >= 0.3 is 0 Å². The van der Waals surface area contributed by atoms with Crippen LogP contribution in [-0.2, 0) is 0 Å². The molecule has 166 valence electrons. The molecule has 0 saturated heterocycles. The van der Waals surface area contributed by atoms with Crippen molar-refractivity contribution in [2.24, 2.45) is 0 Å². The van der Waals surface area contributed by atoms with Gasteiger partial charge in [0.1, 0.15) is 17.8 Å². The van der Waals surface area contributed by atoms with Crippen LogP contribution in [0.3, 0.4) is 0 Å². The van der Waals surface area contributed by atoms with Crippen molar-refractivity contribution in [2.75, 3.05) is 44.5 Å². The molecular formula is C24H27N5O3. The molecule has 32 heavy (non-hydrogen) atoms. The van der Waals surface area contributed by atoms with Gasteiger partial charge in [-0.2, -0.15) is 0 Å². The van der Waals surface area contributed by atoms with Crippen molar-refractivity contribution in [3.63, 3.8) is 0 Å². The maximum absolute atomic E-state index is 12.7. The number of carbonyl (C=O) groups is 1. The number of anilines is 2. The molecule has 0 spiro atoms. The Kier molecular flexibility index (Phi) is 6.13. The number of likely N-dealkylation sites (N-methyl/N-ethyl adjacent to an activating group) is 1. The summed E-state index contributed by atoms with van der Waals surface area (Å²) in [5.74, 6) is 1.45. The van der Waals surface area contributed by atoms with E-state index in [0.29, 0.717) is 29.4 Å². The van der Waals surface area contributed by atoms with E-state index in [-0.39, 0.29) is 5.91 Å². The van der Waals surface area contributed by atoms with Crippen LogP contribution in [0.15, 0.2) is 65.3 Å². The third-order valence-electron chi connectivity index (χ3n) is 5.35. The number of carbonyl (C=O) groups excluding carboxylic acids is 1. The van der Waals surface area contributed by atoms with Gasteiger partial charge in [-0.3, -0.25) is 10.2 Å². The van der Waals surface area contributed by atoms with Gasteiger partial charge in [0.2, 0.25) is 5.88 Å². The summed E-state index contributed by atoms with van der Waals surface area (Å²) in [6.07, 6.45) is 1.14. The van der Waals surface area contributed by atoms with Crippen LogP contribution in [0.1, 0.15) is 27.7 Å². The maximum Gasteiger partial charge on any atom is 0.251 e. The van der Waals surface area contributed by atoms with Crippen molar-refractivity contribution in [1.29, 1.82) is 5.41 Å². The van der Waals surface area contributed by atoms with Gasteiger partial charge in [-0.25, -0.2) is 0 Å². The quantitative estimate of drug-likeness (QED) is 0.528. The molecule has 2 aromatic carbocycles. The minimum Gasteiger partial charge on any atom is -0.497 e. The molecule has 0 fully saturated rings. The number of methoxy groups -OCH3 is 1. The number of fused-ring (bicyclic) bond motifs is 1. The van der Waals surface area contributed by atoms with E-state index in [1.165, 1.54) is 0 Å². The number of benzene rings is 2. The average Bonchev–Trinajstić information content (AvgIpc) is 3.28. The van der Waals surface area contributed by atoms with E-state index in [2.05, 4.69) is 10.6 Å². The lowest BCUT2D eigenvalue weighted by molar-refractivity contribution is 0.0951. The topological polar surface area (TPSA) is 93.8 Å². The van der Waals surface area contributed by atoms with E-state index >= 15 is 0 Å². The first-order valence-corrected chi connectivity index (χ1v) is 10.4. The van der Waals surface area contributed by atoms with Crippen LogP contribution in [0.25, 0.3) is 0 Å². The van der Waals surface area contributed by atoms with Crippen molar-refractivity contribution in [3.05, 3.63) is 77.6 Å². The van der Waals surface area contributed by atoms with E-state index in [1.807, 2.05) is 66.4 Å². The van der Waals surface area contributed by atoms with Crippen molar-refractivity contribution < 1.29 is 13.9 Å². The lowest BCUT2D eigenvalue weighted by Gasteiger charge is -2.38. The molecule has 1 amide bonds. The third-order valence-corrected chi connectivity index (χ3v) is 5.35. The van der Waals surface area contributed by atoms with Gasteiger partial charge in [-0.05, 0) is 62.1 Å². The third kappa shape index (κ3) is 4.31. The second kappa shape index (κ2) is 9.15. The zero-order valence-electron chi connectivity index (χ0n) is 18.4. The Bertz CT molecular complexity index is 1110. The van der Waals surface area contributed by atoms with Gasteiger partial charge in [0.15, 0.2) is 0 Å². The summed E-state index contributed by atoms with van der Waals surface area (Å²) in [6, 6.07) is 16.7. The van der Waals surface area contributed by atoms with Crippen molar-refractivity contribution in [3.8, 4) is 5.75 Å². The second-order valence-electron chi connectivity index (χ2n) is 7.81. The van der Waals surface area contributed by atoms with Crippen molar-refractivity contribution >= 4 is 23.3 Å². The zero-order chi connectivity index (χ0) is 22.7. The van der Waals surface area contributed by atoms with Crippen molar-refractivity contribution in [1.82, 2.24) is 10.2 Å². The Morgan fingerprint density at radius 1 is 1.22 bits per heavy atom. The van der Waals surface area contributed by atoms with Gasteiger partial charge in [-0.1, -0.05) is 12.1 Å². The molecule has 1 aliphatic rings. The molecule has 0 radical (unpaired) electrons. The number of amides is 1. The predicted molar refractivity (Wildman–Crippen MR) is 125 cm³/mol. The molecule has 4 rings (SSSR count). The Labute approximate surface area is 187 Å². The summed E-state index contributed by atoms with van der Waals surface area (Å²) >= 11 is 0. The predicted octanol–water partition coefficient (Wildman–Crippen LogP) is 3.54. The highest BCUT2D eigenvalue weighted by Gasteiger charge is 2.34. The summed E-state index contributed by atoms with van der Waals surface area (Å²) in [6.45, 7) is 1.33. The molecule has 0 bridgehead atoms.